The number of thiophene rings is 1. The minimum Gasteiger partial charge on any atom is -0.208 e. The monoisotopic (exact) mass is 667 g/mol. The molecule has 3 nitrogen and oxygen atoms in total. The third-order valence-corrected chi connectivity index (χ3v) is 10.9. The van der Waals surface area contributed by atoms with Crippen LogP contribution in [0.4, 0.5) is 0 Å². The number of nitrogens with zero attached hydrogens (tertiary/aromatic N) is 3. The van der Waals surface area contributed by atoms with Crippen molar-refractivity contribution in [2.24, 2.45) is 0 Å². The summed E-state index contributed by atoms with van der Waals surface area (Å²) >= 11 is 1.81. The highest BCUT2D eigenvalue weighted by Gasteiger charge is 2.21. The molecular formula is C47H29N3S. The van der Waals surface area contributed by atoms with Gasteiger partial charge in [0.1, 0.15) is 0 Å². The highest BCUT2D eigenvalue weighted by molar-refractivity contribution is 7.26. The third-order valence-electron chi connectivity index (χ3n) is 9.74. The van der Waals surface area contributed by atoms with E-state index >= 15 is 0 Å². The smallest absolute Gasteiger partial charge is 0.165 e. The number of rotatable bonds is 5. The molecule has 10 aromatic rings. The minimum absolute atomic E-state index is 0.653. The second-order valence-corrected chi connectivity index (χ2v) is 13.8. The lowest BCUT2D eigenvalue weighted by atomic mass is 9.91. The van der Waals surface area contributed by atoms with Gasteiger partial charge in [-0.2, -0.15) is 0 Å². The Balaban J connectivity index is 1.21. The molecule has 238 valence electrons. The Morgan fingerprint density at radius 3 is 1.55 bits per heavy atom. The van der Waals surface area contributed by atoms with Crippen molar-refractivity contribution < 1.29 is 0 Å². The Morgan fingerprint density at radius 2 is 0.863 bits per heavy atom. The molecule has 0 unspecified atom stereocenters. The number of hydrogen-bond donors (Lipinski definition) is 0. The van der Waals surface area contributed by atoms with Gasteiger partial charge in [-0.15, -0.1) is 11.3 Å². The van der Waals surface area contributed by atoms with Gasteiger partial charge in [0, 0.05) is 36.9 Å². The number of hydrogen-bond acceptors (Lipinski definition) is 4. The Labute approximate surface area is 299 Å². The van der Waals surface area contributed by atoms with Crippen LogP contribution in [-0.2, 0) is 0 Å². The van der Waals surface area contributed by atoms with E-state index in [1.165, 1.54) is 52.8 Å². The molecule has 0 bridgehead atoms. The van der Waals surface area contributed by atoms with Crippen LogP contribution in [0.2, 0.25) is 0 Å². The fourth-order valence-corrected chi connectivity index (χ4v) is 8.45. The maximum absolute atomic E-state index is 5.23. The normalized spacial score (nSPS) is 11.5. The van der Waals surface area contributed by atoms with Gasteiger partial charge in [0.05, 0.1) is 0 Å². The first kappa shape index (κ1) is 29.4. The van der Waals surface area contributed by atoms with Crippen LogP contribution >= 0.6 is 11.3 Å². The average molecular weight is 668 g/mol. The number of aromatic nitrogens is 3. The fraction of sp³-hybridized carbons (Fsp3) is 0. The molecule has 0 saturated heterocycles. The number of fused-ring (bicyclic) bond motifs is 6. The average Bonchev–Trinajstić information content (AvgIpc) is 3.60. The molecule has 0 N–H and O–H groups in total. The van der Waals surface area contributed by atoms with Crippen LogP contribution < -0.4 is 0 Å². The quantitative estimate of drug-likeness (QED) is 0.171. The molecule has 0 aliphatic carbocycles. The molecule has 51 heavy (non-hydrogen) atoms. The first-order valence-electron chi connectivity index (χ1n) is 17.1. The molecule has 0 spiro atoms. The van der Waals surface area contributed by atoms with Crippen LogP contribution in [0.3, 0.4) is 0 Å². The van der Waals surface area contributed by atoms with Crippen molar-refractivity contribution in [2.45, 2.75) is 0 Å². The second kappa shape index (κ2) is 12.1. The molecule has 10 rings (SSSR count). The van der Waals surface area contributed by atoms with Crippen LogP contribution in [0.1, 0.15) is 0 Å². The van der Waals surface area contributed by atoms with Crippen LogP contribution in [0, 0.1) is 0 Å². The van der Waals surface area contributed by atoms with Crippen molar-refractivity contribution in [1.82, 2.24) is 15.0 Å². The zero-order valence-electron chi connectivity index (χ0n) is 27.5. The molecule has 2 heterocycles. The summed E-state index contributed by atoms with van der Waals surface area (Å²) in [6.07, 6.45) is 0. The highest BCUT2D eigenvalue weighted by Crippen LogP contribution is 2.45. The van der Waals surface area contributed by atoms with E-state index in [-0.39, 0.29) is 0 Å². The Bertz CT molecular complexity index is 2840. The van der Waals surface area contributed by atoms with E-state index in [0.29, 0.717) is 17.5 Å². The van der Waals surface area contributed by atoms with Gasteiger partial charge in [0.15, 0.2) is 17.5 Å². The first-order chi connectivity index (χ1) is 25.3. The molecule has 0 aliphatic rings. The first-order valence-corrected chi connectivity index (χ1v) is 17.9. The van der Waals surface area contributed by atoms with E-state index in [1.807, 2.05) is 36.4 Å². The van der Waals surface area contributed by atoms with Gasteiger partial charge in [-0.05, 0) is 62.0 Å². The second-order valence-electron chi connectivity index (χ2n) is 12.8. The topological polar surface area (TPSA) is 38.7 Å². The summed E-state index contributed by atoms with van der Waals surface area (Å²) < 4.78 is 2.45. The standard InChI is InChI=1S/C47H29N3S/c1-3-13-32(14-4-1)45-48-46(33-15-5-2-6-16-33)50-47(49-45)44-36(27-28-42-43(44)39-21-11-12-22-41(39)51-42)30-23-25-31(26-24-30)40-29-34-17-7-8-18-35(34)37-19-9-10-20-38(37)40/h1-29H. The molecule has 8 aromatic carbocycles. The summed E-state index contributed by atoms with van der Waals surface area (Å²) in [5.41, 5.74) is 7.54. The molecular weight excluding hydrogens is 639 g/mol. The molecule has 4 heteroatoms. The number of benzene rings is 8. The van der Waals surface area contributed by atoms with Crippen LogP contribution in [0.15, 0.2) is 176 Å². The minimum atomic E-state index is 0.653. The van der Waals surface area contributed by atoms with Crippen molar-refractivity contribution in [2.75, 3.05) is 0 Å². The SMILES string of the molecule is c1ccc(-c2nc(-c3ccccc3)nc(-c3c(-c4ccc(-c5cc6ccccc6c6ccccc56)cc4)ccc4sc5ccccc5c34)n2)cc1. The third kappa shape index (κ3) is 5.08. The fourth-order valence-electron chi connectivity index (χ4n) is 7.33. The summed E-state index contributed by atoms with van der Waals surface area (Å²) in [5, 5.41) is 7.41. The predicted octanol–water partition coefficient (Wildman–Crippen LogP) is 12.9. The highest BCUT2D eigenvalue weighted by atomic mass is 32.1. The summed E-state index contributed by atoms with van der Waals surface area (Å²) in [6, 6.07) is 62.2. The maximum Gasteiger partial charge on any atom is 0.165 e. The van der Waals surface area contributed by atoms with Crippen molar-refractivity contribution in [1.29, 1.82) is 0 Å². The maximum atomic E-state index is 5.23. The van der Waals surface area contributed by atoms with E-state index in [0.717, 1.165) is 27.8 Å². The van der Waals surface area contributed by atoms with Crippen molar-refractivity contribution in [3.8, 4) is 56.4 Å². The van der Waals surface area contributed by atoms with Gasteiger partial charge in [0.25, 0.3) is 0 Å². The van der Waals surface area contributed by atoms with Gasteiger partial charge in [-0.25, -0.2) is 15.0 Å². The van der Waals surface area contributed by atoms with Crippen molar-refractivity contribution >= 4 is 53.1 Å². The van der Waals surface area contributed by atoms with Crippen molar-refractivity contribution in [3.63, 3.8) is 0 Å². The Kier molecular flexibility index (Phi) is 7.00. The zero-order valence-corrected chi connectivity index (χ0v) is 28.3. The van der Waals surface area contributed by atoms with Gasteiger partial charge in [0.2, 0.25) is 0 Å². The lowest BCUT2D eigenvalue weighted by Crippen LogP contribution is -2.01. The Hall–Kier alpha value is -6.49. The van der Waals surface area contributed by atoms with E-state index in [2.05, 4.69) is 140 Å². The van der Waals surface area contributed by atoms with Crippen molar-refractivity contribution in [3.05, 3.63) is 176 Å². The van der Waals surface area contributed by atoms with Gasteiger partial charge >= 0.3 is 0 Å². The van der Waals surface area contributed by atoms with E-state index < -0.39 is 0 Å². The summed E-state index contributed by atoms with van der Waals surface area (Å²) in [5.74, 6) is 1.97. The molecule has 0 aliphatic heterocycles. The van der Waals surface area contributed by atoms with E-state index in [4.69, 9.17) is 15.0 Å². The largest absolute Gasteiger partial charge is 0.208 e. The van der Waals surface area contributed by atoms with Crippen LogP contribution in [0.25, 0.3) is 98.1 Å². The molecule has 2 aromatic heterocycles. The van der Waals surface area contributed by atoms with Gasteiger partial charge < -0.3 is 0 Å². The van der Waals surface area contributed by atoms with E-state index in [9.17, 15) is 0 Å². The van der Waals surface area contributed by atoms with Crippen LogP contribution in [-0.4, -0.2) is 15.0 Å². The predicted molar refractivity (Wildman–Crippen MR) is 215 cm³/mol. The zero-order chi connectivity index (χ0) is 33.7. The summed E-state index contributed by atoms with van der Waals surface area (Å²) in [7, 11) is 0. The molecule has 0 atom stereocenters. The molecule has 0 amide bonds. The molecule has 0 radical (unpaired) electrons. The summed E-state index contributed by atoms with van der Waals surface area (Å²) in [6.45, 7) is 0. The lowest BCUT2D eigenvalue weighted by Gasteiger charge is -2.15. The molecule has 0 saturated carbocycles. The molecule has 0 fully saturated rings. The van der Waals surface area contributed by atoms with Gasteiger partial charge in [-0.3, -0.25) is 0 Å². The van der Waals surface area contributed by atoms with E-state index in [1.54, 1.807) is 11.3 Å². The van der Waals surface area contributed by atoms with Gasteiger partial charge in [-0.1, -0.05) is 158 Å². The lowest BCUT2D eigenvalue weighted by molar-refractivity contribution is 1.08. The Morgan fingerprint density at radius 1 is 0.333 bits per heavy atom. The van der Waals surface area contributed by atoms with Crippen LogP contribution in [0.5, 0.6) is 0 Å². The summed E-state index contributed by atoms with van der Waals surface area (Å²) in [4.78, 5) is 15.5.